The van der Waals surface area contributed by atoms with Gasteiger partial charge in [-0.1, -0.05) is 18.2 Å². The van der Waals surface area contributed by atoms with Gasteiger partial charge in [-0.3, -0.25) is 10.2 Å². The first kappa shape index (κ1) is 15.9. The van der Waals surface area contributed by atoms with Crippen LogP contribution in [0.1, 0.15) is 16.1 Å². The Bertz CT molecular complexity index is 831. The van der Waals surface area contributed by atoms with Crippen LogP contribution >= 0.6 is 0 Å². The van der Waals surface area contributed by atoms with E-state index in [0.29, 0.717) is 5.69 Å². The van der Waals surface area contributed by atoms with E-state index in [-0.39, 0.29) is 5.91 Å². The Labute approximate surface area is 146 Å². The molecule has 0 atom stereocenters. The van der Waals surface area contributed by atoms with E-state index in [9.17, 15) is 4.79 Å². The lowest BCUT2D eigenvalue weighted by Crippen LogP contribution is -2.53. The Kier molecular flexibility index (Phi) is 4.54. The van der Waals surface area contributed by atoms with Gasteiger partial charge < -0.3 is 14.9 Å². The van der Waals surface area contributed by atoms with Gasteiger partial charge in [0, 0.05) is 56.0 Å². The molecule has 3 N–H and O–H groups in total. The van der Waals surface area contributed by atoms with Gasteiger partial charge in [-0.2, -0.15) is 0 Å². The minimum Gasteiger partial charge on any atom is -0.361 e. The molecule has 3 heterocycles. The van der Waals surface area contributed by atoms with Gasteiger partial charge in [-0.05, 0) is 30.2 Å². The number of H-pyrrole nitrogens is 2. The summed E-state index contributed by atoms with van der Waals surface area (Å²) in [7, 11) is 0. The molecule has 1 fully saturated rings. The molecule has 0 spiro atoms. The summed E-state index contributed by atoms with van der Waals surface area (Å²) in [5.41, 5.74) is 6.14. The van der Waals surface area contributed by atoms with Gasteiger partial charge in [0.1, 0.15) is 5.69 Å². The van der Waals surface area contributed by atoms with Crippen molar-refractivity contribution in [1.82, 2.24) is 25.3 Å². The van der Waals surface area contributed by atoms with E-state index < -0.39 is 0 Å². The van der Waals surface area contributed by atoms with Gasteiger partial charge in [0.25, 0.3) is 5.91 Å². The standard InChI is InChI=1S/C19H23N5O/c25-19(18-6-3-8-20-18)22-24-12-10-23(11-13-24)9-7-15-14-21-17-5-2-1-4-16(15)17/h1-6,8,14,20-21H,7,9-13H2,(H,22,25). The zero-order chi connectivity index (χ0) is 17.1. The van der Waals surface area contributed by atoms with Gasteiger partial charge in [0.2, 0.25) is 0 Å². The molecule has 0 saturated carbocycles. The normalized spacial score (nSPS) is 16.3. The summed E-state index contributed by atoms with van der Waals surface area (Å²) in [6.45, 7) is 4.67. The topological polar surface area (TPSA) is 67.2 Å². The van der Waals surface area contributed by atoms with Crippen molar-refractivity contribution < 1.29 is 4.79 Å². The fraction of sp³-hybridized carbons (Fsp3) is 0.316. The Morgan fingerprint density at radius 3 is 2.68 bits per heavy atom. The Balaban J connectivity index is 1.26. The maximum atomic E-state index is 12.1. The summed E-state index contributed by atoms with van der Waals surface area (Å²) in [5.74, 6) is -0.0720. The maximum Gasteiger partial charge on any atom is 0.281 e. The lowest BCUT2D eigenvalue weighted by atomic mass is 10.1. The summed E-state index contributed by atoms with van der Waals surface area (Å²) in [5, 5.41) is 3.32. The average molecular weight is 337 g/mol. The van der Waals surface area contributed by atoms with Crippen molar-refractivity contribution >= 4 is 16.8 Å². The number of carbonyl (C=O) groups is 1. The Morgan fingerprint density at radius 2 is 1.88 bits per heavy atom. The average Bonchev–Trinajstić information content (AvgIpc) is 3.31. The molecule has 4 rings (SSSR count). The largest absolute Gasteiger partial charge is 0.361 e. The number of hydrazine groups is 1. The van der Waals surface area contributed by atoms with E-state index in [2.05, 4.69) is 50.8 Å². The Hall–Kier alpha value is -2.57. The number of amides is 1. The number of fused-ring (bicyclic) bond motifs is 1. The molecule has 2 aromatic heterocycles. The van der Waals surface area contributed by atoms with Crippen LogP contribution in [-0.4, -0.2) is 58.5 Å². The lowest BCUT2D eigenvalue weighted by molar-refractivity contribution is 0.0618. The third-order valence-electron chi connectivity index (χ3n) is 4.85. The highest BCUT2D eigenvalue weighted by atomic mass is 16.2. The van der Waals surface area contributed by atoms with Crippen LogP contribution in [0.25, 0.3) is 10.9 Å². The molecular formula is C19H23N5O. The molecule has 1 aliphatic rings. The Morgan fingerprint density at radius 1 is 1.04 bits per heavy atom. The van der Waals surface area contributed by atoms with Gasteiger partial charge in [-0.15, -0.1) is 0 Å². The monoisotopic (exact) mass is 337 g/mol. The van der Waals surface area contributed by atoms with E-state index >= 15 is 0 Å². The van der Waals surface area contributed by atoms with Gasteiger partial charge >= 0.3 is 0 Å². The minimum atomic E-state index is -0.0720. The van der Waals surface area contributed by atoms with Crippen molar-refractivity contribution in [3.63, 3.8) is 0 Å². The molecular weight excluding hydrogens is 314 g/mol. The first-order valence-electron chi connectivity index (χ1n) is 8.76. The number of benzene rings is 1. The van der Waals surface area contributed by atoms with E-state index in [1.165, 1.54) is 16.5 Å². The molecule has 0 unspecified atom stereocenters. The number of hydrogen-bond donors (Lipinski definition) is 3. The number of hydrogen-bond acceptors (Lipinski definition) is 3. The molecule has 1 aliphatic heterocycles. The summed E-state index contributed by atoms with van der Waals surface area (Å²) >= 11 is 0. The summed E-state index contributed by atoms with van der Waals surface area (Å²) in [4.78, 5) is 20.8. The zero-order valence-electron chi connectivity index (χ0n) is 14.2. The molecule has 0 bridgehead atoms. The minimum absolute atomic E-state index is 0.0720. The highest BCUT2D eigenvalue weighted by Crippen LogP contribution is 2.18. The van der Waals surface area contributed by atoms with E-state index in [1.54, 1.807) is 12.3 Å². The quantitative estimate of drug-likeness (QED) is 0.667. The van der Waals surface area contributed by atoms with E-state index in [0.717, 1.165) is 39.1 Å². The van der Waals surface area contributed by atoms with Crippen molar-refractivity contribution in [3.05, 3.63) is 60.0 Å². The predicted octanol–water partition coefficient (Wildman–Crippen LogP) is 2.00. The first-order valence-corrected chi connectivity index (χ1v) is 8.76. The van der Waals surface area contributed by atoms with Crippen molar-refractivity contribution in [2.75, 3.05) is 32.7 Å². The second-order valence-corrected chi connectivity index (χ2v) is 6.46. The molecule has 0 aliphatic carbocycles. The molecule has 0 radical (unpaired) electrons. The highest BCUT2D eigenvalue weighted by molar-refractivity contribution is 5.91. The van der Waals surface area contributed by atoms with Crippen LogP contribution in [0.3, 0.4) is 0 Å². The SMILES string of the molecule is O=C(NN1CCN(CCc2c[nH]c3ccccc23)CC1)c1ccc[nH]1. The number of aromatic nitrogens is 2. The van der Waals surface area contributed by atoms with Crippen molar-refractivity contribution in [2.45, 2.75) is 6.42 Å². The molecule has 1 aromatic carbocycles. The predicted molar refractivity (Wildman–Crippen MR) is 98.3 cm³/mol. The first-order chi connectivity index (χ1) is 12.3. The summed E-state index contributed by atoms with van der Waals surface area (Å²) in [6.07, 6.45) is 4.92. The zero-order valence-corrected chi connectivity index (χ0v) is 14.2. The van der Waals surface area contributed by atoms with Crippen LogP contribution in [0.15, 0.2) is 48.8 Å². The number of piperazine rings is 1. The molecule has 25 heavy (non-hydrogen) atoms. The van der Waals surface area contributed by atoms with Crippen molar-refractivity contribution in [1.29, 1.82) is 0 Å². The van der Waals surface area contributed by atoms with Gasteiger partial charge in [-0.25, -0.2) is 5.01 Å². The van der Waals surface area contributed by atoms with E-state index in [4.69, 9.17) is 0 Å². The van der Waals surface area contributed by atoms with Crippen LogP contribution in [0.5, 0.6) is 0 Å². The summed E-state index contributed by atoms with van der Waals surface area (Å²) in [6, 6.07) is 12.1. The van der Waals surface area contributed by atoms with Gasteiger partial charge in [0.15, 0.2) is 0 Å². The third kappa shape index (κ3) is 3.60. The number of nitrogens with one attached hydrogen (secondary N) is 3. The number of rotatable bonds is 5. The van der Waals surface area contributed by atoms with E-state index in [1.807, 2.05) is 11.1 Å². The molecule has 6 nitrogen and oxygen atoms in total. The van der Waals surface area contributed by atoms with Crippen molar-refractivity contribution in [2.24, 2.45) is 0 Å². The lowest BCUT2D eigenvalue weighted by Gasteiger charge is -2.34. The molecule has 1 amide bonds. The number of para-hydroxylation sites is 1. The smallest absolute Gasteiger partial charge is 0.281 e. The summed E-state index contributed by atoms with van der Waals surface area (Å²) < 4.78 is 0. The van der Waals surface area contributed by atoms with Crippen LogP contribution in [0.4, 0.5) is 0 Å². The molecule has 3 aromatic rings. The molecule has 130 valence electrons. The fourth-order valence-corrected chi connectivity index (χ4v) is 3.38. The van der Waals surface area contributed by atoms with Crippen molar-refractivity contribution in [3.8, 4) is 0 Å². The molecule has 6 heteroatoms. The van der Waals surface area contributed by atoms with Crippen LogP contribution in [0, 0.1) is 0 Å². The second kappa shape index (κ2) is 7.13. The molecule has 1 saturated heterocycles. The van der Waals surface area contributed by atoms with Crippen LogP contribution < -0.4 is 5.43 Å². The maximum absolute atomic E-state index is 12.1. The third-order valence-corrected chi connectivity index (χ3v) is 4.85. The van der Waals surface area contributed by atoms with Gasteiger partial charge in [0.05, 0.1) is 0 Å². The number of aromatic amines is 2. The highest BCUT2D eigenvalue weighted by Gasteiger charge is 2.19. The van der Waals surface area contributed by atoms with Crippen LogP contribution in [0.2, 0.25) is 0 Å². The van der Waals surface area contributed by atoms with Crippen LogP contribution in [-0.2, 0) is 6.42 Å². The number of carbonyl (C=O) groups excluding carboxylic acids is 1. The second-order valence-electron chi connectivity index (χ2n) is 6.46. The number of nitrogens with zero attached hydrogens (tertiary/aromatic N) is 2. The fourth-order valence-electron chi connectivity index (χ4n) is 3.38.